The number of hydrogen-bond acceptors (Lipinski definition) is 6. The second kappa shape index (κ2) is 3.19. The van der Waals surface area contributed by atoms with Crippen LogP contribution in [0.25, 0.3) is 4.96 Å². The summed E-state index contributed by atoms with van der Waals surface area (Å²) in [6.45, 7) is 0.516. The highest BCUT2D eigenvalue weighted by atomic mass is 32.1. The molecule has 0 atom stereocenters. The zero-order valence-corrected chi connectivity index (χ0v) is 7.49. The minimum Gasteiger partial charge on any atom is -0.330 e. The van der Waals surface area contributed by atoms with Gasteiger partial charge in [-0.1, -0.05) is 11.3 Å². The van der Waals surface area contributed by atoms with E-state index in [1.807, 2.05) is 0 Å². The summed E-state index contributed by atoms with van der Waals surface area (Å²) in [5.41, 5.74) is 5.10. The Labute approximate surface area is 77.0 Å². The van der Waals surface area contributed by atoms with Crippen molar-refractivity contribution in [3.8, 4) is 0 Å². The van der Waals surface area contributed by atoms with Crippen molar-refractivity contribution in [2.75, 3.05) is 6.54 Å². The molecule has 0 unspecified atom stereocenters. The van der Waals surface area contributed by atoms with Crippen molar-refractivity contribution in [3.05, 3.63) is 21.6 Å². The predicted molar refractivity (Wildman–Crippen MR) is 47.7 cm³/mol. The van der Waals surface area contributed by atoms with E-state index >= 15 is 0 Å². The highest BCUT2D eigenvalue weighted by Gasteiger charge is 2.04. The number of hydrogen-bond donors (Lipinski definition) is 1. The number of nitrogens with zero attached hydrogens (tertiary/aromatic N) is 4. The second-order valence-corrected chi connectivity index (χ2v) is 3.45. The zero-order valence-electron chi connectivity index (χ0n) is 6.67. The third-order valence-corrected chi connectivity index (χ3v) is 2.44. The Morgan fingerprint density at radius 2 is 2.46 bits per heavy atom. The summed E-state index contributed by atoms with van der Waals surface area (Å²) in [4.78, 5) is 11.7. The molecule has 0 fully saturated rings. The van der Waals surface area contributed by atoms with E-state index in [1.54, 1.807) is 0 Å². The van der Waals surface area contributed by atoms with Crippen molar-refractivity contribution in [1.29, 1.82) is 0 Å². The van der Waals surface area contributed by atoms with Crippen molar-refractivity contribution >= 4 is 16.3 Å². The van der Waals surface area contributed by atoms with Crippen LogP contribution in [0, 0.1) is 0 Å². The van der Waals surface area contributed by atoms with Gasteiger partial charge in [-0.15, -0.1) is 5.10 Å². The average Bonchev–Trinajstić information content (AvgIpc) is 2.49. The smallest absolute Gasteiger partial charge is 0.293 e. The van der Waals surface area contributed by atoms with Gasteiger partial charge in [0.25, 0.3) is 5.56 Å². The lowest BCUT2D eigenvalue weighted by Crippen LogP contribution is -2.14. The Balaban J connectivity index is 2.62. The topological polar surface area (TPSA) is 86.2 Å². The lowest BCUT2D eigenvalue weighted by Gasteiger charge is -1.85. The maximum atomic E-state index is 11.2. The second-order valence-electron chi connectivity index (χ2n) is 2.41. The third-order valence-electron chi connectivity index (χ3n) is 1.48. The first-order valence-electron chi connectivity index (χ1n) is 3.72. The van der Waals surface area contributed by atoms with Crippen molar-refractivity contribution in [2.45, 2.75) is 6.42 Å². The van der Waals surface area contributed by atoms with Crippen LogP contribution in [-0.4, -0.2) is 26.4 Å². The van der Waals surface area contributed by atoms with Crippen LogP contribution in [0.1, 0.15) is 5.01 Å². The van der Waals surface area contributed by atoms with E-state index in [0.717, 1.165) is 11.2 Å². The van der Waals surface area contributed by atoms with Gasteiger partial charge in [-0.05, 0) is 6.54 Å². The minimum atomic E-state index is -0.260. The van der Waals surface area contributed by atoms with Gasteiger partial charge in [0, 0.05) is 6.42 Å². The van der Waals surface area contributed by atoms with Gasteiger partial charge in [0.1, 0.15) is 11.2 Å². The van der Waals surface area contributed by atoms with Crippen LogP contribution in [0.2, 0.25) is 0 Å². The molecule has 6 nitrogen and oxygen atoms in total. The third kappa shape index (κ3) is 1.43. The molecule has 0 saturated carbocycles. The van der Waals surface area contributed by atoms with Gasteiger partial charge in [0.2, 0.25) is 4.96 Å². The van der Waals surface area contributed by atoms with E-state index in [4.69, 9.17) is 5.73 Å². The molecule has 0 aliphatic heterocycles. The first kappa shape index (κ1) is 8.27. The van der Waals surface area contributed by atoms with Crippen LogP contribution >= 0.6 is 11.3 Å². The first-order valence-corrected chi connectivity index (χ1v) is 4.53. The Kier molecular flexibility index (Phi) is 2.03. The van der Waals surface area contributed by atoms with Crippen LogP contribution < -0.4 is 11.3 Å². The standard InChI is InChI=1S/C6H7N5OS/c7-2-1-4-10-11-5(12)3-8-9-6(11)13-4/h3H,1-2,7H2. The van der Waals surface area contributed by atoms with Crippen LogP contribution in [0.5, 0.6) is 0 Å². The average molecular weight is 197 g/mol. The molecule has 0 aliphatic rings. The molecule has 2 rings (SSSR count). The molecule has 0 radical (unpaired) electrons. The molecule has 68 valence electrons. The summed E-state index contributed by atoms with van der Waals surface area (Å²) in [5.74, 6) is 0. The molecule has 0 bridgehead atoms. The lowest BCUT2D eigenvalue weighted by atomic mass is 10.5. The number of rotatable bonds is 2. The summed E-state index contributed by atoms with van der Waals surface area (Å²) in [6.07, 6.45) is 1.80. The van der Waals surface area contributed by atoms with Crippen LogP contribution in [0.3, 0.4) is 0 Å². The predicted octanol–water partition coefficient (Wildman–Crippen LogP) is -0.953. The molecule has 2 heterocycles. The van der Waals surface area contributed by atoms with Gasteiger partial charge in [-0.25, -0.2) is 0 Å². The molecular weight excluding hydrogens is 190 g/mol. The van der Waals surface area contributed by atoms with Gasteiger partial charge in [0.15, 0.2) is 0 Å². The van der Waals surface area contributed by atoms with Gasteiger partial charge in [0.05, 0.1) is 0 Å². The maximum absolute atomic E-state index is 11.2. The van der Waals surface area contributed by atoms with Crippen molar-refractivity contribution in [3.63, 3.8) is 0 Å². The molecule has 2 aromatic heterocycles. The van der Waals surface area contributed by atoms with Crippen LogP contribution in [-0.2, 0) is 6.42 Å². The molecule has 2 aromatic rings. The molecule has 0 saturated heterocycles. The molecule has 13 heavy (non-hydrogen) atoms. The summed E-state index contributed by atoms with van der Waals surface area (Å²) < 4.78 is 1.24. The largest absolute Gasteiger partial charge is 0.330 e. The molecule has 0 spiro atoms. The number of fused-ring (bicyclic) bond motifs is 1. The Bertz CT molecular complexity index is 475. The van der Waals surface area contributed by atoms with Gasteiger partial charge < -0.3 is 5.73 Å². The maximum Gasteiger partial charge on any atom is 0.293 e. The first-order chi connectivity index (χ1) is 6.31. The van der Waals surface area contributed by atoms with E-state index in [-0.39, 0.29) is 5.56 Å². The summed E-state index contributed by atoms with van der Waals surface area (Å²) in [7, 11) is 0. The van der Waals surface area contributed by atoms with Crippen molar-refractivity contribution < 1.29 is 0 Å². The van der Waals surface area contributed by atoms with Crippen molar-refractivity contribution in [2.24, 2.45) is 5.73 Å². The fourth-order valence-corrected chi connectivity index (χ4v) is 1.79. The van der Waals surface area contributed by atoms with Crippen LogP contribution in [0.4, 0.5) is 0 Å². The number of aromatic nitrogens is 4. The van der Waals surface area contributed by atoms with Crippen LogP contribution in [0.15, 0.2) is 11.0 Å². The fourth-order valence-electron chi connectivity index (χ4n) is 0.936. The minimum absolute atomic E-state index is 0.260. The Hall–Kier alpha value is -1.34. The van der Waals surface area contributed by atoms with E-state index in [0.29, 0.717) is 17.9 Å². The van der Waals surface area contributed by atoms with Gasteiger partial charge in [-0.2, -0.15) is 14.7 Å². The number of nitrogens with two attached hydrogens (primary N) is 1. The Morgan fingerprint density at radius 3 is 3.15 bits per heavy atom. The fraction of sp³-hybridized carbons (Fsp3) is 0.333. The lowest BCUT2D eigenvalue weighted by molar-refractivity contribution is 0.814. The zero-order chi connectivity index (χ0) is 9.26. The highest BCUT2D eigenvalue weighted by molar-refractivity contribution is 7.16. The monoisotopic (exact) mass is 197 g/mol. The Morgan fingerprint density at radius 1 is 1.62 bits per heavy atom. The normalized spacial score (nSPS) is 10.8. The molecule has 0 aromatic carbocycles. The summed E-state index contributed by atoms with van der Waals surface area (Å²) in [5, 5.41) is 12.2. The molecule has 0 amide bonds. The SMILES string of the molecule is NCCc1nn2c(=O)cnnc2s1. The van der Waals surface area contributed by atoms with Gasteiger partial charge >= 0.3 is 0 Å². The van der Waals surface area contributed by atoms with Crippen molar-refractivity contribution in [1.82, 2.24) is 19.8 Å². The molecule has 7 heteroatoms. The van der Waals surface area contributed by atoms with E-state index < -0.39 is 0 Å². The summed E-state index contributed by atoms with van der Waals surface area (Å²) >= 11 is 1.33. The van der Waals surface area contributed by atoms with E-state index in [2.05, 4.69) is 15.3 Å². The highest BCUT2D eigenvalue weighted by Crippen LogP contribution is 2.09. The molecule has 0 aliphatic carbocycles. The van der Waals surface area contributed by atoms with Gasteiger partial charge in [-0.3, -0.25) is 4.79 Å². The molecular formula is C6H7N5OS. The molecule has 2 N–H and O–H groups in total. The van der Waals surface area contributed by atoms with E-state index in [1.165, 1.54) is 15.9 Å². The summed E-state index contributed by atoms with van der Waals surface area (Å²) in [6, 6.07) is 0. The quantitative estimate of drug-likeness (QED) is 0.670. The van der Waals surface area contributed by atoms with E-state index in [9.17, 15) is 4.79 Å².